The summed E-state index contributed by atoms with van der Waals surface area (Å²) in [6.45, 7) is 3.95. The molecule has 0 unspecified atom stereocenters. The molecule has 0 aromatic rings. The SMILES string of the molecule is NOP(=O)(ON1CCOCC1)ON1CCOCC1. The fraction of sp³-hybridized carbons (Fsp3) is 1.00. The number of nitrogens with two attached hydrogens (primary N) is 1. The molecule has 2 rings (SSSR count). The summed E-state index contributed by atoms with van der Waals surface area (Å²) >= 11 is 0. The molecule has 0 amide bonds. The van der Waals surface area contributed by atoms with Crippen LogP contribution in [0, 0.1) is 0 Å². The van der Waals surface area contributed by atoms with Gasteiger partial charge in [0.1, 0.15) is 0 Å². The van der Waals surface area contributed by atoms with E-state index in [4.69, 9.17) is 24.6 Å². The summed E-state index contributed by atoms with van der Waals surface area (Å²) in [7, 11) is -3.82. The molecule has 2 fully saturated rings. The number of morpholine rings is 2. The number of ether oxygens (including phenoxy) is 2. The third-order valence-corrected chi connectivity index (χ3v) is 3.62. The monoisotopic (exact) mass is 283 g/mol. The highest BCUT2D eigenvalue weighted by Gasteiger charge is 2.34. The number of rotatable bonds is 5. The van der Waals surface area contributed by atoms with Crippen LogP contribution in [0.3, 0.4) is 0 Å². The third-order valence-electron chi connectivity index (χ3n) is 2.50. The van der Waals surface area contributed by atoms with E-state index >= 15 is 0 Å². The van der Waals surface area contributed by atoms with Gasteiger partial charge in [0.2, 0.25) is 0 Å². The zero-order valence-corrected chi connectivity index (χ0v) is 10.9. The van der Waals surface area contributed by atoms with E-state index in [-0.39, 0.29) is 0 Å². The highest BCUT2D eigenvalue weighted by Crippen LogP contribution is 2.49. The van der Waals surface area contributed by atoms with E-state index in [1.54, 1.807) is 0 Å². The largest absolute Gasteiger partial charge is 0.524 e. The van der Waals surface area contributed by atoms with E-state index in [9.17, 15) is 4.57 Å². The van der Waals surface area contributed by atoms with Gasteiger partial charge in [-0.1, -0.05) is 0 Å². The lowest BCUT2D eigenvalue weighted by Gasteiger charge is -2.31. The normalized spacial score (nSPS) is 24.3. The van der Waals surface area contributed by atoms with Crippen molar-refractivity contribution in [2.75, 3.05) is 52.6 Å². The standard InChI is InChI=1S/C8H18N3O6P/c9-15-18(12,16-10-1-5-13-6-2-10)17-11-3-7-14-8-4-11/h1-9H2. The van der Waals surface area contributed by atoms with Crippen molar-refractivity contribution in [3.8, 4) is 0 Å². The molecule has 0 aromatic carbocycles. The Kier molecular flexibility index (Phi) is 5.49. The Bertz CT molecular complexity index is 271. The van der Waals surface area contributed by atoms with Crippen LogP contribution in [-0.2, 0) is 27.9 Å². The zero-order chi connectivity index (χ0) is 12.8. The molecule has 2 N–H and O–H groups in total. The van der Waals surface area contributed by atoms with Crippen LogP contribution < -0.4 is 5.90 Å². The van der Waals surface area contributed by atoms with Gasteiger partial charge in [0.15, 0.2) is 0 Å². The van der Waals surface area contributed by atoms with E-state index in [1.807, 2.05) is 0 Å². The molecular formula is C8H18N3O6P. The van der Waals surface area contributed by atoms with Crippen molar-refractivity contribution in [2.45, 2.75) is 0 Å². The van der Waals surface area contributed by atoms with Crippen molar-refractivity contribution in [2.24, 2.45) is 5.90 Å². The number of phosphoric acid groups is 1. The second-order valence-electron chi connectivity index (χ2n) is 3.80. The summed E-state index contributed by atoms with van der Waals surface area (Å²) in [6.07, 6.45) is 0. The Morgan fingerprint density at radius 1 is 0.889 bits per heavy atom. The lowest BCUT2D eigenvalue weighted by Crippen LogP contribution is -2.39. The molecule has 2 aliphatic rings. The number of nitrogens with zero attached hydrogens (tertiary/aromatic N) is 2. The quantitative estimate of drug-likeness (QED) is 0.529. The smallest absolute Gasteiger partial charge is 0.379 e. The van der Waals surface area contributed by atoms with Crippen LogP contribution in [0.25, 0.3) is 0 Å². The van der Waals surface area contributed by atoms with Gasteiger partial charge < -0.3 is 9.47 Å². The summed E-state index contributed by atoms with van der Waals surface area (Å²) in [5, 5.41) is 2.94. The van der Waals surface area contributed by atoms with Gasteiger partial charge in [-0.2, -0.15) is 24.0 Å². The lowest BCUT2D eigenvalue weighted by molar-refractivity contribution is -0.183. The maximum atomic E-state index is 12.2. The Morgan fingerprint density at radius 3 is 1.61 bits per heavy atom. The average molecular weight is 283 g/mol. The topological polar surface area (TPSA) is 95.7 Å². The summed E-state index contributed by atoms with van der Waals surface area (Å²) in [4.78, 5) is 0. The van der Waals surface area contributed by atoms with Gasteiger partial charge in [0, 0.05) is 26.2 Å². The first-order chi connectivity index (χ1) is 8.72. The first-order valence-electron chi connectivity index (χ1n) is 5.75. The van der Waals surface area contributed by atoms with Crippen molar-refractivity contribution >= 4 is 7.82 Å². The fourth-order valence-electron chi connectivity index (χ4n) is 1.59. The van der Waals surface area contributed by atoms with E-state index in [2.05, 4.69) is 4.62 Å². The summed E-state index contributed by atoms with van der Waals surface area (Å²) < 4.78 is 37.2. The van der Waals surface area contributed by atoms with Crippen LogP contribution in [0.15, 0.2) is 0 Å². The van der Waals surface area contributed by atoms with Crippen LogP contribution in [0.2, 0.25) is 0 Å². The van der Waals surface area contributed by atoms with Crippen molar-refractivity contribution in [1.29, 1.82) is 0 Å². The van der Waals surface area contributed by atoms with E-state index < -0.39 is 7.82 Å². The van der Waals surface area contributed by atoms with Gasteiger partial charge >= 0.3 is 7.82 Å². The zero-order valence-electron chi connectivity index (χ0n) is 10.0. The van der Waals surface area contributed by atoms with Crippen LogP contribution in [-0.4, -0.2) is 62.7 Å². The predicted octanol–water partition coefficient (Wildman–Crippen LogP) is -0.488. The molecule has 10 heteroatoms. The summed E-state index contributed by atoms with van der Waals surface area (Å²) in [5.41, 5.74) is 0. The second kappa shape index (κ2) is 6.90. The van der Waals surface area contributed by atoms with Crippen LogP contribution in [0.1, 0.15) is 0 Å². The van der Waals surface area contributed by atoms with Gasteiger partial charge in [-0.25, -0.2) is 10.5 Å². The van der Waals surface area contributed by atoms with Gasteiger partial charge in [0.25, 0.3) is 0 Å². The molecule has 0 aliphatic carbocycles. The first-order valence-corrected chi connectivity index (χ1v) is 7.21. The highest BCUT2D eigenvalue weighted by molar-refractivity contribution is 7.48. The van der Waals surface area contributed by atoms with Crippen LogP contribution in [0.4, 0.5) is 0 Å². The molecule has 106 valence electrons. The molecular weight excluding hydrogens is 265 g/mol. The molecule has 2 heterocycles. The van der Waals surface area contributed by atoms with Crippen molar-refractivity contribution in [1.82, 2.24) is 10.1 Å². The van der Waals surface area contributed by atoms with E-state index in [0.717, 1.165) is 0 Å². The average Bonchev–Trinajstić information content (AvgIpc) is 2.41. The van der Waals surface area contributed by atoms with Gasteiger partial charge in [-0.15, -0.1) is 0 Å². The molecule has 0 radical (unpaired) electrons. The molecule has 9 nitrogen and oxygen atoms in total. The lowest BCUT2D eigenvalue weighted by atomic mass is 10.5. The summed E-state index contributed by atoms with van der Waals surface area (Å²) in [6, 6.07) is 0. The maximum absolute atomic E-state index is 12.2. The number of hydrogen-bond donors (Lipinski definition) is 1. The van der Waals surface area contributed by atoms with Crippen molar-refractivity contribution < 1.29 is 27.9 Å². The van der Waals surface area contributed by atoms with Crippen LogP contribution in [0.5, 0.6) is 0 Å². The summed E-state index contributed by atoms with van der Waals surface area (Å²) in [5.74, 6) is 5.01. The number of hydrogen-bond acceptors (Lipinski definition) is 9. The van der Waals surface area contributed by atoms with E-state index in [1.165, 1.54) is 10.1 Å². The van der Waals surface area contributed by atoms with Crippen molar-refractivity contribution in [3.63, 3.8) is 0 Å². The third kappa shape index (κ3) is 4.23. The molecule has 2 aliphatic heterocycles. The first kappa shape index (κ1) is 14.3. The molecule has 2 saturated heterocycles. The Labute approximate surface area is 105 Å². The molecule has 0 atom stereocenters. The minimum atomic E-state index is -3.82. The minimum Gasteiger partial charge on any atom is -0.379 e. The van der Waals surface area contributed by atoms with Gasteiger partial charge in [-0.05, 0) is 0 Å². The maximum Gasteiger partial charge on any atom is 0.524 e. The number of hydroxylamine groups is 4. The predicted molar refractivity (Wildman–Crippen MR) is 59.8 cm³/mol. The van der Waals surface area contributed by atoms with Gasteiger partial charge in [-0.3, -0.25) is 0 Å². The van der Waals surface area contributed by atoms with Crippen LogP contribution >= 0.6 is 7.82 Å². The Balaban J connectivity index is 1.85. The molecule has 0 saturated carbocycles. The molecule has 0 aromatic heterocycles. The molecule has 18 heavy (non-hydrogen) atoms. The molecule has 0 bridgehead atoms. The Hall–Kier alpha value is -0.0900. The highest BCUT2D eigenvalue weighted by atomic mass is 31.2. The van der Waals surface area contributed by atoms with Gasteiger partial charge in [0.05, 0.1) is 26.4 Å². The minimum absolute atomic E-state index is 0.486. The fourth-order valence-corrected chi connectivity index (χ4v) is 2.59. The Morgan fingerprint density at radius 2 is 1.28 bits per heavy atom. The van der Waals surface area contributed by atoms with Crippen molar-refractivity contribution in [3.05, 3.63) is 0 Å². The van der Waals surface area contributed by atoms with E-state index in [0.29, 0.717) is 52.6 Å². The second-order valence-corrected chi connectivity index (χ2v) is 5.23. The molecule has 0 spiro atoms.